The average Bonchev–Trinajstić information content (AvgIpc) is 2.35. The molecule has 0 amide bonds. The standard InChI is InChI=1S/C15H13Cl2/c1-2-15(11-3-7-13(16)8-4-11)12-5-9-14(17)10-6-12/h3-10,15H,1-2H2. The third kappa shape index (κ3) is 3.02. The minimum absolute atomic E-state index is 0.296. The Balaban J connectivity index is 2.33. The Morgan fingerprint density at radius 1 is 0.765 bits per heavy atom. The van der Waals surface area contributed by atoms with E-state index in [-0.39, 0.29) is 0 Å². The van der Waals surface area contributed by atoms with Crippen LogP contribution in [-0.4, -0.2) is 0 Å². The van der Waals surface area contributed by atoms with Gasteiger partial charge in [-0.15, -0.1) is 0 Å². The zero-order valence-electron chi connectivity index (χ0n) is 9.37. The van der Waals surface area contributed by atoms with Crippen LogP contribution in [0.15, 0.2) is 48.5 Å². The van der Waals surface area contributed by atoms with Crippen LogP contribution in [0.25, 0.3) is 0 Å². The van der Waals surface area contributed by atoms with E-state index in [1.807, 2.05) is 48.5 Å². The molecule has 0 heterocycles. The molecule has 2 aromatic rings. The van der Waals surface area contributed by atoms with E-state index in [0.717, 1.165) is 16.5 Å². The Bertz CT molecular complexity index is 426. The minimum Gasteiger partial charge on any atom is -0.0843 e. The van der Waals surface area contributed by atoms with Crippen molar-refractivity contribution in [3.05, 3.63) is 76.6 Å². The van der Waals surface area contributed by atoms with Gasteiger partial charge in [0.15, 0.2) is 0 Å². The van der Waals surface area contributed by atoms with E-state index in [1.165, 1.54) is 11.1 Å². The van der Waals surface area contributed by atoms with E-state index < -0.39 is 0 Å². The molecule has 0 saturated carbocycles. The third-order valence-corrected chi connectivity index (χ3v) is 3.34. The van der Waals surface area contributed by atoms with Crippen LogP contribution in [0, 0.1) is 6.92 Å². The molecule has 0 N–H and O–H groups in total. The van der Waals surface area contributed by atoms with Crippen molar-refractivity contribution in [1.29, 1.82) is 0 Å². The van der Waals surface area contributed by atoms with Crippen molar-refractivity contribution in [1.82, 2.24) is 0 Å². The van der Waals surface area contributed by atoms with Crippen LogP contribution in [0.2, 0.25) is 10.0 Å². The molecule has 0 atom stereocenters. The van der Waals surface area contributed by atoms with Gasteiger partial charge < -0.3 is 0 Å². The Kier molecular flexibility index (Phi) is 4.09. The maximum atomic E-state index is 5.89. The van der Waals surface area contributed by atoms with Crippen LogP contribution in [0.1, 0.15) is 23.5 Å². The van der Waals surface area contributed by atoms with Gasteiger partial charge in [-0.2, -0.15) is 0 Å². The highest BCUT2D eigenvalue weighted by molar-refractivity contribution is 6.30. The lowest BCUT2D eigenvalue weighted by Crippen LogP contribution is -1.99. The molecule has 0 aliphatic rings. The molecule has 0 spiro atoms. The number of benzene rings is 2. The highest BCUT2D eigenvalue weighted by atomic mass is 35.5. The second-order valence-corrected chi connectivity index (χ2v) is 4.82. The molecule has 2 rings (SSSR count). The van der Waals surface area contributed by atoms with E-state index in [9.17, 15) is 0 Å². The summed E-state index contributed by atoms with van der Waals surface area (Å²) < 4.78 is 0. The van der Waals surface area contributed by atoms with E-state index in [4.69, 9.17) is 23.2 Å². The summed E-state index contributed by atoms with van der Waals surface area (Å²) in [7, 11) is 0. The predicted octanol–water partition coefficient (Wildman–Crippen LogP) is 5.35. The van der Waals surface area contributed by atoms with Crippen molar-refractivity contribution >= 4 is 23.2 Å². The van der Waals surface area contributed by atoms with Crippen LogP contribution < -0.4 is 0 Å². The third-order valence-electron chi connectivity index (χ3n) is 2.83. The highest BCUT2D eigenvalue weighted by Crippen LogP contribution is 2.29. The summed E-state index contributed by atoms with van der Waals surface area (Å²) in [5.41, 5.74) is 2.46. The van der Waals surface area contributed by atoms with Crippen molar-refractivity contribution in [2.45, 2.75) is 12.3 Å². The maximum absolute atomic E-state index is 5.89. The monoisotopic (exact) mass is 263 g/mol. The van der Waals surface area contributed by atoms with Crippen LogP contribution >= 0.6 is 23.2 Å². The first kappa shape index (κ1) is 12.5. The number of rotatable bonds is 3. The quantitative estimate of drug-likeness (QED) is 0.701. The molecular formula is C15H13Cl2. The molecule has 87 valence electrons. The molecule has 0 fully saturated rings. The fourth-order valence-electron chi connectivity index (χ4n) is 1.92. The van der Waals surface area contributed by atoms with Gasteiger partial charge in [0, 0.05) is 16.0 Å². The summed E-state index contributed by atoms with van der Waals surface area (Å²) in [5, 5.41) is 1.51. The Hall–Kier alpha value is -0.980. The normalized spacial score (nSPS) is 10.8. The lowest BCUT2D eigenvalue weighted by Gasteiger charge is -2.16. The largest absolute Gasteiger partial charge is 0.0843 e. The first-order chi connectivity index (χ1) is 8.20. The molecule has 17 heavy (non-hydrogen) atoms. The van der Waals surface area contributed by atoms with Crippen molar-refractivity contribution in [3.63, 3.8) is 0 Å². The summed E-state index contributed by atoms with van der Waals surface area (Å²) >= 11 is 11.8. The van der Waals surface area contributed by atoms with Crippen LogP contribution in [0.5, 0.6) is 0 Å². The van der Waals surface area contributed by atoms with E-state index in [2.05, 4.69) is 6.92 Å². The summed E-state index contributed by atoms with van der Waals surface area (Å²) in [6.45, 7) is 4.02. The number of halogens is 2. The Morgan fingerprint density at radius 2 is 1.12 bits per heavy atom. The molecular weight excluding hydrogens is 251 g/mol. The topological polar surface area (TPSA) is 0 Å². The second-order valence-electron chi connectivity index (χ2n) is 3.94. The Labute approximate surface area is 112 Å². The van der Waals surface area contributed by atoms with Gasteiger partial charge in [-0.05, 0) is 41.8 Å². The van der Waals surface area contributed by atoms with Gasteiger partial charge in [0.1, 0.15) is 0 Å². The maximum Gasteiger partial charge on any atom is 0.0406 e. The molecule has 2 aromatic carbocycles. The first-order valence-electron chi connectivity index (χ1n) is 5.51. The van der Waals surface area contributed by atoms with Crippen molar-refractivity contribution in [3.8, 4) is 0 Å². The van der Waals surface area contributed by atoms with Gasteiger partial charge in [-0.25, -0.2) is 0 Å². The Morgan fingerprint density at radius 3 is 1.41 bits per heavy atom. The molecule has 0 nitrogen and oxygen atoms in total. The fourth-order valence-corrected chi connectivity index (χ4v) is 2.17. The molecule has 0 aliphatic carbocycles. The van der Waals surface area contributed by atoms with Gasteiger partial charge in [0.05, 0.1) is 0 Å². The molecule has 0 aromatic heterocycles. The summed E-state index contributed by atoms with van der Waals surface area (Å²) in [5.74, 6) is 0.296. The van der Waals surface area contributed by atoms with Crippen molar-refractivity contribution < 1.29 is 0 Å². The molecule has 2 heteroatoms. The predicted molar refractivity (Wildman–Crippen MR) is 74.7 cm³/mol. The lowest BCUT2D eigenvalue weighted by atomic mass is 9.89. The number of hydrogen-bond acceptors (Lipinski definition) is 0. The van der Waals surface area contributed by atoms with E-state index >= 15 is 0 Å². The van der Waals surface area contributed by atoms with E-state index in [0.29, 0.717) is 5.92 Å². The molecule has 0 saturated heterocycles. The minimum atomic E-state index is 0.296. The van der Waals surface area contributed by atoms with Crippen LogP contribution in [0.4, 0.5) is 0 Å². The van der Waals surface area contributed by atoms with Gasteiger partial charge >= 0.3 is 0 Å². The van der Waals surface area contributed by atoms with Gasteiger partial charge in [0.2, 0.25) is 0 Å². The van der Waals surface area contributed by atoms with Crippen LogP contribution in [-0.2, 0) is 0 Å². The van der Waals surface area contributed by atoms with Crippen LogP contribution in [0.3, 0.4) is 0 Å². The fraction of sp³-hybridized carbons (Fsp3) is 0.133. The van der Waals surface area contributed by atoms with Crippen molar-refractivity contribution in [2.75, 3.05) is 0 Å². The average molecular weight is 264 g/mol. The SMILES string of the molecule is [CH2]CC(c1ccc(Cl)cc1)c1ccc(Cl)cc1. The first-order valence-corrected chi connectivity index (χ1v) is 6.26. The summed E-state index contributed by atoms with van der Waals surface area (Å²) in [6.07, 6.45) is 0.809. The molecule has 1 radical (unpaired) electrons. The second kappa shape index (κ2) is 5.57. The smallest absolute Gasteiger partial charge is 0.0406 e. The lowest BCUT2D eigenvalue weighted by molar-refractivity contribution is 0.827. The summed E-state index contributed by atoms with van der Waals surface area (Å²) in [6, 6.07) is 15.8. The molecule has 0 unspecified atom stereocenters. The molecule has 0 bridgehead atoms. The van der Waals surface area contributed by atoms with Crippen molar-refractivity contribution in [2.24, 2.45) is 0 Å². The number of hydrogen-bond donors (Lipinski definition) is 0. The molecule has 0 aliphatic heterocycles. The van der Waals surface area contributed by atoms with Gasteiger partial charge in [-0.3, -0.25) is 0 Å². The van der Waals surface area contributed by atoms with E-state index in [1.54, 1.807) is 0 Å². The highest BCUT2D eigenvalue weighted by Gasteiger charge is 2.11. The van der Waals surface area contributed by atoms with Gasteiger partial charge in [0.25, 0.3) is 0 Å². The summed E-state index contributed by atoms with van der Waals surface area (Å²) in [4.78, 5) is 0. The zero-order chi connectivity index (χ0) is 12.3. The zero-order valence-corrected chi connectivity index (χ0v) is 10.9. The van der Waals surface area contributed by atoms with Gasteiger partial charge in [-0.1, -0.05) is 54.4 Å².